The van der Waals surface area contributed by atoms with E-state index in [-0.39, 0.29) is 6.03 Å². The molecule has 2 amide bonds. The number of carbonyl (C=O) groups is 1. The molecule has 1 aliphatic carbocycles. The van der Waals surface area contributed by atoms with E-state index in [1.165, 1.54) is 11.5 Å². The van der Waals surface area contributed by atoms with Gasteiger partial charge in [0.15, 0.2) is 0 Å². The Balaban J connectivity index is 1.42. The molecule has 4 rings (SSSR count). The van der Waals surface area contributed by atoms with E-state index >= 15 is 0 Å². The lowest BCUT2D eigenvalue weighted by Gasteiger charge is -2.14. The fourth-order valence-corrected chi connectivity index (χ4v) is 2.73. The molecule has 0 bridgehead atoms. The average Bonchev–Trinajstić information content (AvgIpc) is 2.83. The van der Waals surface area contributed by atoms with Gasteiger partial charge in [-0.2, -0.15) is 4.37 Å². The minimum atomic E-state index is -0.170. The predicted molar refractivity (Wildman–Crippen MR) is 66.7 cm³/mol. The molecule has 19 heavy (non-hydrogen) atoms. The first-order valence-electron chi connectivity index (χ1n) is 6.11. The smallest absolute Gasteiger partial charge is 0.324 e. The molecule has 2 aromatic heterocycles. The first-order valence-corrected chi connectivity index (χ1v) is 6.88. The molecule has 0 radical (unpaired) electrons. The first kappa shape index (κ1) is 10.9. The van der Waals surface area contributed by atoms with Crippen LogP contribution in [0, 0.1) is 0 Å². The molecule has 98 valence electrons. The highest BCUT2D eigenvalue weighted by Crippen LogP contribution is 2.39. The van der Waals surface area contributed by atoms with Crippen LogP contribution in [0.25, 0.3) is 0 Å². The molecule has 0 saturated heterocycles. The van der Waals surface area contributed by atoms with Gasteiger partial charge < -0.3 is 9.42 Å². The summed E-state index contributed by atoms with van der Waals surface area (Å²) in [4.78, 5) is 18.1. The SMILES string of the molecule is O=C(Nc1nc(C2CC2)ns1)N1Cc2conc2C1. The lowest BCUT2D eigenvalue weighted by Crippen LogP contribution is -2.30. The number of rotatable bonds is 2. The van der Waals surface area contributed by atoms with E-state index in [1.807, 2.05) is 0 Å². The zero-order chi connectivity index (χ0) is 12.8. The second-order valence-electron chi connectivity index (χ2n) is 4.80. The van der Waals surface area contributed by atoms with Crippen molar-refractivity contribution in [2.45, 2.75) is 31.8 Å². The summed E-state index contributed by atoms with van der Waals surface area (Å²) in [5.41, 5.74) is 1.79. The number of nitrogens with one attached hydrogen (secondary N) is 1. The summed E-state index contributed by atoms with van der Waals surface area (Å²) in [6.45, 7) is 1.00. The average molecular weight is 277 g/mol. The zero-order valence-corrected chi connectivity index (χ0v) is 10.8. The van der Waals surface area contributed by atoms with Crippen LogP contribution >= 0.6 is 11.5 Å². The number of aromatic nitrogens is 3. The van der Waals surface area contributed by atoms with Crippen LogP contribution in [0.1, 0.15) is 35.8 Å². The molecule has 2 aliphatic rings. The van der Waals surface area contributed by atoms with Crippen molar-refractivity contribution in [2.24, 2.45) is 0 Å². The number of fused-ring (bicyclic) bond motifs is 1. The molecule has 8 heteroatoms. The van der Waals surface area contributed by atoms with E-state index < -0.39 is 0 Å². The fraction of sp³-hybridized carbons (Fsp3) is 0.455. The third-order valence-corrected chi connectivity index (χ3v) is 3.96. The summed E-state index contributed by atoms with van der Waals surface area (Å²) in [6.07, 6.45) is 3.90. The molecular formula is C11H11N5O2S. The van der Waals surface area contributed by atoms with Crippen LogP contribution in [-0.4, -0.2) is 25.4 Å². The molecule has 7 nitrogen and oxygen atoms in total. The molecule has 1 saturated carbocycles. The van der Waals surface area contributed by atoms with E-state index in [0.717, 1.165) is 29.9 Å². The number of carbonyl (C=O) groups excluding carboxylic acids is 1. The number of nitrogens with zero attached hydrogens (tertiary/aromatic N) is 4. The van der Waals surface area contributed by atoms with Crippen LogP contribution in [0.2, 0.25) is 0 Å². The number of urea groups is 1. The van der Waals surface area contributed by atoms with Crippen LogP contribution in [0.5, 0.6) is 0 Å². The van der Waals surface area contributed by atoms with E-state index in [9.17, 15) is 4.79 Å². The lowest BCUT2D eigenvalue weighted by molar-refractivity contribution is 0.210. The highest BCUT2D eigenvalue weighted by Gasteiger charge is 2.29. The summed E-state index contributed by atoms with van der Waals surface area (Å²) in [6, 6.07) is -0.170. The van der Waals surface area contributed by atoms with Gasteiger partial charge in [-0.05, 0) is 12.8 Å². The first-order chi connectivity index (χ1) is 9.29. The van der Waals surface area contributed by atoms with Crippen molar-refractivity contribution in [2.75, 3.05) is 5.32 Å². The van der Waals surface area contributed by atoms with E-state index in [4.69, 9.17) is 4.52 Å². The summed E-state index contributed by atoms with van der Waals surface area (Å²) in [7, 11) is 0. The Bertz CT molecular complexity index is 612. The minimum Gasteiger partial charge on any atom is -0.364 e. The van der Waals surface area contributed by atoms with Crippen molar-refractivity contribution in [3.8, 4) is 0 Å². The number of anilines is 1. The maximum absolute atomic E-state index is 12.1. The minimum absolute atomic E-state index is 0.170. The predicted octanol–water partition coefficient (Wildman–Crippen LogP) is 1.95. The van der Waals surface area contributed by atoms with E-state index in [1.54, 1.807) is 11.2 Å². The quantitative estimate of drug-likeness (QED) is 0.907. The summed E-state index contributed by atoms with van der Waals surface area (Å²) >= 11 is 1.24. The highest BCUT2D eigenvalue weighted by atomic mass is 32.1. The van der Waals surface area contributed by atoms with Crippen molar-refractivity contribution < 1.29 is 9.32 Å². The monoisotopic (exact) mass is 277 g/mol. The number of amides is 2. The van der Waals surface area contributed by atoms with Gasteiger partial charge in [0.05, 0.1) is 13.1 Å². The zero-order valence-electron chi connectivity index (χ0n) is 10.00. The molecule has 0 atom stereocenters. The Hall–Kier alpha value is -1.96. The third-order valence-electron chi connectivity index (χ3n) is 3.32. The largest absolute Gasteiger partial charge is 0.364 e. The summed E-state index contributed by atoms with van der Waals surface area (Å²) in [5.74, 6) is 1.36. The second-order valence-corrected chi connectivity index (χ2v) is 5.56. The van der Waals surface area contributed by atoms with Gasteiger partial charge in [-0.15, -0.1) is 0 Å². The summed E-state index contributed by atoms with van der Waals surface area (Å²) < 4.78 is 9.10. The normalized spacial score (nSPS) is 17.6. The fourth-order valence-electron chi connectivity index (χ4n) is 2.09. The summed E-state index contributed by atoms with van der Waals surface area (Å²) in [5, 5.41) is 7.20. The van der Waals surface area contributed by atoms with Crippen LogP contribution in [0.3, 0.4) is 0 Å². The number of hydrogen-bond donors (Lipinski definition) is 1. The maximum atomic E-state index is 12.1. The van der Waals surface area contributed by atoms with Gasteiger partial charge in [0, 0.05) is 23.0 Å². The van der Waals surface area contributed by atoms with Gasteiger partial charge in [-0.3, -0.25) is 5.32 Å². The van der Waals surface area contributed by atoms with Crippen molar-refractivity contribution >= 4 is 22.7 Å². The van der Waals surface area contributed by atoms with Crippen LogP contribution < -0.4 is 5.32 Å². The molecule has 0 spiro atoms. The highest BCUT2D eigenvalue weighted by molar-refractivity contribution is 7.09. The van der Waals surface area contributed by atoms with E-state index in [2.05, 4.69) is 19.8 Å². The Kier molecular flexibility index (Phi) is 2.31. The molecule has 1 N–H and O–H groups in total. The van der Waals surface area contributed by atoms with E-state index in [0.29, 0.717) is 24.1 Å². The Morgan fingerprint density at radius 2 is 2.37 bits per heavy atom. The molecule has 0 aromatic carbocycles. The van der Waals surface area contributed by atoms with Gasteiger partial charge in [-0.1, -0.05) is 5.16 Å². The molecular weight excluding hydrogens is 266 g/mol. The van der Waals surface area contributed by atoms with Gasteiger partial charge in [0.2, 0.25) is 5.13 Å². The third kappa shape index (κ3) is 1.97. The van der Waals surface area contributed by atoms with Gasteiger partial charge in [-0.25, -0.2) is 9.78 Å². The van der Waals surface area contributed by atoms with Crippen LogP contribution in [0.4, 0.5) is 9.93 Å². The molecule has 1 fully saturated rings. The second kappa shape index (κ2) is 4.02. The lowest BCUT2D eigenvalue weighted by atomic mass is 10.3. The standard InChI is InChI=1S/C11H11N5O2S/c17-11(16-3-7-5-18-14-8(7)4-16)13-10-12-9(15-19-10)6-1-2-6/h5-6H,1-4H2,(H,12,13,15,17). The van der Waals surface area contributed by atoms with Crippen LogP contribution in [0.15, 0.2) is 10.8 Å². The van der Waals surface area contributed by atoms with Crippen molar-refractivity contribution in [1.29, 1.82) is 0 Å². The molecule has 3 heterocycles. The van der Waals surface area contributed by atoms with Crippen LogP contribution in [-0.2, 0) is 13.1 Å². The maximum Gasteiger partial charge on any atom is 0.324 e. The van der Waals surface area contributed by atoms with Gasteiger partial charge in [0.25, 0.3) is 0 Å². The topological polar surface area (TPSA) is 84.2 Å². The van der Waals surface area contributed by atoms with Crippen molar-refractivity contribution in [3.63, 3.8) is 0 Å². The molecule has 1 aliphatic heterocycles. The van der Waals surface area contributed by atoms with Crippen molar-refractivity contribution in [3.05, 3.63) is 23.3 Å². The number of hydrogen-bond acceptors (Lipinski definition) is 6. The Labute approximate surface area is 112 Å². The molecule has 0 unspecified atom stereocenters. The van der Waals surface area contributed by atoms with Gasteiger partial charge >= 0.3 is 6.03 Å². The van der Waals surface area contributed by atoms with Crippen molar-refractivity contribution in [1.82, 2.24) is 19.4 Å². The Morgan fingerprint density at radius 3 is 3.16 bits per heavy atom. The van der Waals surface area contributed by atoms with Gasteiger partial charge in [0.1, 0.15) is 17.8 Å². The molecule has 2 aromatic rings. The Morgan fingerprint density at radius 1 is 1.47 bits per heavy atom.